The fraction of sp³-hybridized carbons (Fsp3) is 0.467. The van der Waals surface area contributed by atoms with E-state index in [2.05, 4.69) is 20.3 Å². The highest BCUT2D eigenvalue weighted by molar-refractivity contribution is 7.07. The molecule has 0 saturated carbocycles. The van der Waals surface area contributed by atoms with Gasteiger partial charge in [0.1, 0.15) is 29.0 Å². The summed E-state index contributed by atoms with van der Waals surface area (Å²) < 4.78 is 0. The van der Waals surface area contributed by atoms with Crippen LogP contribution < -0.4 is 10.2 Å². The smallest absolute Gasteiger partial charge is 0.270 e. The molecule has 2 aromatic heterocycles. The van der Waals surface area contributed by atoms with Crippen LogP contribution in [0.2, 0.25) is 0 Å². The lowest BCUT2D eigenvalue weighted by Gasteiger charge is -2.42. The third-order valence-corrected chi connectivity index (χ3v) is 4.72. The molecule has 0 aliphatic carbocycles. The van der Waals surface area contributed by atoms with E-state index in [9.17, 15) is 15.0 Å². The number of hydrogen-bond acceptors (Lipinski definition) is 8. The SMILES string of the molecule is Cc1nccc(N2CC[C@@](O)(CNC(=O)c3cscn3)[C@H](O)C2)n1. The van der Waals surface area contributed by atoms with Crippen molar-refractivity contribution in [3.63, 3.8) is 0 Å². The highest BCUT2D eigenvalue weighted by atomic mass is 32.1. The Labute approximate surface area is 143 Å². The highest BCUT2D eigenvalue weighted by Crippen LogP contribution is 2.25. The summed E-state index contributed by atoms with van der Waals surface area (Å²) >= 11 is 1.33. The number of aryl methyl sites for hydroxylation is 1. The van der Waals surface area contributed by atoms with Crippen LogP contribution in [-0.4, -0.2) is 62.4 Å². The third kappa shape index (κ3) is 3.53. The number of anilines is 1. The van der Waals surface area contributed by atoms with Crippen LogP contribution in [0.15, 0.2) is 23.2 Å². The summed E-state index contributed by atoms with van der Waals surface area (Å²) in [6, 6.07) is 1.77. The zero-order valence-corrected chi connectivity index (χ0v) is 14.0. The largest absolute Gasteiger partial charge is 0.388 e. The number of rotatable bonds is 4. The first kappa shape index (κ1) is 16.7. The number of aliphatic hydroxyl groups is 2. The number of piperidine rings is 1. The minimum absolute atomic E-state index is 0.0266. The van der Waals surface area contributed by atoms with Crippen molar-refractivity contribution in [3.8, 4) is 0 Å². The van der Waals surface area contributed by atoms with Crippen LogP contribution in [0.5, 0.6) is 0 Å². The standard InChI is InChI=1S/C15H19N5O3S/c1-10-16-4-2-13(19-10)20-5-3-15(23,12(21)6-20)8-17-14(22)11-7-24-9-18-11/h2,4,7,9,12,21,23H,3,5-6,8H2,1H3,(H,17,22)/t12-,15-/m1/s1. The molecule has 1 aliphatic rings. The second-order valence-corrected chi connectivity index (χ2v) is 6.55. The number of thiazole rings is 1. The lowest BCUT2D eigenvalue weighted by molar-refractivity contribution is -0.0825. The van der Waals surface area contributed by atoms with Crippen molar-refractivity contribution in [2.75, 3.05) is 24.5 Å². The van der Waals surface area contributed by atoms with Gasteiger partial charge < -0.3 is 20.4 Å². The van der Waals surface area contributed by atoms with Gasteiger partial charge in [0.2, 0.25) is 0 Å². The topological polar surface area (TPSA) is 111 Å². The minimum atomic E-state index is -1.37. The summed E-state index contributed by atoms with van der Waals surface area (Å²) in [7, 11) is 0. The normalized spacial score (nSPS) is 24.0. The van der Waals surface area contributed by atoms with E-state index in [1.54, 1.807) is 30.1 Å². The Morgan fingerprint density at radius 2 is 2.38 bits per heavy atom. The zero-order chi connectivity index (χ0) is 17.2. The summed E-state index contributed by atoms with van der Waals surface area (Å²) in [6.45, 7) is 2.53. The monoisotopic (exact) mass is 349 g/mol. The number of nitrogens with zero attached hydrogens (tertiary/aromatic N) is 4. The molecule has 1 saturated heterocycles. The van der Waals surface area contributed by atoms with Crippen molar-refractivity contribution >= 4 is 23.1 Å². The Hall–Kier alpha value is -2.10. The first-order chi connectivity index (χ1) is 11.5. The van der Waals surface area contributed by atoms with Crippen LogP contribution in [0.3, 0.4) is 0 Å². The predicted octanol–water partition coefficient (Wildman–Crippen LogP) is -0.0264. The molecule has 9 heteroatoms. The number of amides is 1. The molecule has 3 N–H and O–H groups in total. The molecule has 3 rings (SSSR count). The Kier molecular flexibility index (Phi) is 4.74. The van der Waals surface area contributed by atoms with Gasteiger partial charge in [-0.2, -0.15) is 0 Å². The van der Waals surface area contributed by atoms with Crippen LogP contribution in [0.25, 0.3) is 0 Å². The number of aromatic nitrogens is 3. The van der Waals surface area contributed by atoms with Gasteiger partial charge in [0, 0.05) is 31.2 Å². The summed E-state index contributed by atoms with van der Waals surface area (Å²) in [5, 5.41) is 25.3. The van der Waals surface area contributed by atoms with E-state index in [4.69, 9.17) is 0 Å². The van der Waals surface area contributed by atoms with Crippen LogP contribution in [0.4, 0.5) is 5.82 Å². The second-order valence-electron chi connectivity index (χ2n) is 5.83. The molecule has 2 atom stereocenters. The van der Waals surface area contributed by atoms with Crippen molar-refractivity contribution in [1.82, 2.24) is 20.3 Å². The molecule has 1 amide bonds. The van der Waals surface area contributed by atoms with Gasteiger partial charge in [-0.3, -0.25) is 4.79 Å². The molecule has 8 nitrogen and oxygen atoms in total. The molecule has 1 aliphatic heterocycles. The molecule has 24 heavy (non-hydrogen) atoms. The number of carbonyl (C=O) groups is 1. The lowest BCUT2D eigenvalue weighted by Crippen LogP contribution is -2.60. The van der Waals surface area contributed by atoms with Crippen molar-refractivity contribution in [2.45, 2.75) is 25.0 Å². The number of carbonyl (C=O) groups excluding carboxylic acids is 1. The van der Waals surface area contributed by atoms with Gasteiger partial charge in [0.05, 0.1) is 5.51 Å². The van der Waals surface area contributed by atoms with Gasteiger partial charge in [-0.1, -0.05) is 0 Å². The van der Waals surface area contributed by atoms with Gasteiger partial charge in [0.15, 0.2) is 0 Å². The average molecular weight is 349 g/mol. The maximum Gasteiger partial charge on any atom is 0.270 e. The van der Waals surface area contributed by atoms with E-state index in [1.165, 1.54) is 11.3 Å². The summed E-state index contributed by atoms with van der Waals surface area (Å²) in [5.74, 6) is 1.01. The van der Waals surface area contributed by atoms with Gasteiger partial charge in [-0.25, -0.2) is 15.0 Å². The summed E-state index contributed by atoms with van der Waals surface area (Å²) in [6.07, 6.45) is 0.977. The predicted molar refractivity (Wildman–Crippen MR) is 89.0 cm³/mol. The molecular formula is C15H19N5O3S. The number of hydrogen-bond donors (Lipinski definition) is 3. The molecule has 128 valence electrons. The molecule has 0 spiro atoms. The molecule has 0 bridgehead atoms. The van der Waals surface area contributed by atoms with E-state index >= 15 is 0 Å². The van der Waals surface area contributed by atoms with Crippen LogP contribution in [-0.2, 0) is 0 Å². The average Bonchev–Trinajstić information content (AvgIpc) is 3.10. The summed E-state index contributed by atoms with van der Waals surface area (Å²) in [5.41, 5.74) is 0.511. The van der Waals surface area contributed by atoms with Crippen molar-refractivity contribution in [2.24, 2.45) is 0 Å². The maximum atomic E-state index is 11.9. The first-order valence-corrected chi connectivity index (χ1v) is 8.54. The molecule has 0 radical (unpaired) electrons. The van der Waals surface area contributed by atoms with Crippen molar-refractivity contribution < 1.29 is 15.0 Å². The molecule has 1 fully saturated rings. The van der Waals surface area contributed by atoms with E-state index in [0.29, 0.717) is 24.5 Å². The Morgan fingerprint density at radius 3 is 3.04 bits per heavy atom. The second kappa shape index (κ2) is 6.80. The number of β-amino-alcohol motifs (C(OH)–C–C–N with tert-alkyl or cyclic N) is 1. The Balaban J connectivity index is 1.61. The highest BCUT2D eigenvalue weighted by Gasteiger charge is 2.41. The van der Waals surface area contributed by atoms with Gasteiger partial charge in [-0.05, 0) is 19.4 Å². The fourth-order valence-corrected chi connectivity index (χ4v) is 3.18. The van der Waals surface area contributed by atoms with Gasteiger partial charge in [-0.15, -0.1) is 11.3 Å². The van der Waals surface area contributed by atoms with E-state index < -0.39 is 11.7 Å². The summed E-state index contributed by atoms with van der Waals surface area (Å²) in [4.78, 5) is 26.1. The van der Waals surface area contributed by atoms with E-state index in [-0.39, 0.29) is 19.0 Å². The van der Waals surface area contributed by atoms with Gasteiger partial charge >= 0.3 is 0 Å². The fourth-order valence-electron chi connectivity index (χ4n) is 2.65. The van der Waals surface area contributed by atoms with E-state index in [1.807, 2.05) is 4.90 Å². The number of aliphatic hydroxyl groups excluding tert-OH is 1. The lowest BCUT2D eigenvalue weighted by atomic mass is 9.88. The molecule has 2 aromatic rings. The van der Waals surface area contributed by atoms with Gasteiger partial charge in [0.25, 0.3) is 5.91 Å². The van der Waals surface area contributed by atoms with Crippen molar-refractivity contribution in [3.05, 3.63) is 34.7 Å². The van der Waals surface area contributed by atoms with E-state index in [0.717, 1.165) is 5.82 Å². The zero-order valence-electron chi connectivity index (χ0n) is 13.2. The third-order valence-electron chi connectivity index (χ3n) is 4.13. The van der Waals surface area contributed by atoms with Crippen molar-refractivity contribution in [1.29, 1.82) is 0 Å². The quantitative estimate of drug-likeness (QED) is 0.711. The molecule has 0 unspecified atom stereocenters. The Bertz CT molecular complexity index is 711. The molecule has 3 heterocycles. The maximum absolute atomic E-state index is 11.9. The molecule has 0 aromatic carbocycles. The first-order valence-electron chi connectivity index (χ1n) is 7.59. The van der Waals surface area contributed by atoms with Crippen LogP contribution >= 0.6 is 11.3 Å². The van der Waals surface area contributed by atoms with Crippen LogP contribution in [0.1, 0.15) is 22.7 Å². The molecular weight excluding hydrogens is 330 g/mol. The van der Waals surface area contributed by atoms with Crippen LogP contribution in [0, 0.1) is 6.92 Å². The number of nitrogens with one attached hydrogen (secondary N) is 1. The Morgan fingerprint density at radius 1 is 1.54 bits per heavy atom. The minimum Gasteiger partial charge on any atom is -0.388 e.